The number of methoxy groups -OCH3 is 2. The summed E-state index contributed by atoms with van der Waals surface area (Å²) in [4.78, 5) is 36.4. The van der Waals surface area contributed by atoms with Crippen LogP contribution in [0, 0.1) is 11.6 Å². The SMILES string of the molecule is COc1cc2ncnc(Oc3ccc(CC(=O)c4c5n(n(-c6cc(F)ccc6F)c4=O)CCCC5)c4ccccc34)c2cc1OC. The van der Waals surface area contributed by atoms with Crippen LogP contribution in [0.5, 0.6) is 23.1 Å². The van der Waals surface area contributed by atoms with Crippen molar-refractivity contribution >= 4 is 27.5 Å². The van der Waals surface area contributed by atoms with Crippen molar-refractivity contribution in [3.63, 3.8) is 0 Å². The van der Waals surface area contributed by atoms with Crippen LogP contribution in [0.25, 0.3) is 27.4 Å². The minimum atomic E-state index is -0.746. The van der Waals surface area contributed by atoms with Gasteiger partial charge in [0.1, 0.15) is 35.0 Å². The van der Waals surface area contributed by atoms with Crippen molar-refractivity contribution in [2.45, 2.75) is 32.2 Å². The van der Waals surface area contributed by atoms with E-state index < -0.39 is 23.0 Å². The number of benzene rings is 4. The zero-order valence-electron chi connectivity index (χ0n) is 25.0. The maximum Gasteiger partial charge on any atom is 0.282 e. The Bertz CT molecular complexity index is 2230. The second kappa shape index (κ2) is 11.7. The van der Waals surface area contributed by atoms with Gasteiger partial charge in [0.25, 0.3) is 5.56 Å². The van der Waals surface area contributed by atoms with Crippen molar-refractivity contribution in [3.8, 4) is 28.8 Å². The highest BCUT2D eigenvalue weighted by atomic mass is 19.1. The van der Waals surface area contributed by atoms with Gasteiger partial charge in [0.15, 0.2) is 17.3 Å². The lowest BCUT2D eigenvalue weighted by Crippen LogP contribution is -2.25. The van der Waals surface area contributed by atoms with Crippen LogP contribution in [0.3, 0.4) is 0 Å². The number of carbonyl (C=O) groups is 1. The molecule has 9 nitrogen and oxygen atoms in total. The summed E-state index contributed by atoms with van der Waals surface area (Å²) in [5, 5.41) is 2.11. The molecule has 0 N–H and O–H groups in total. The Hall–Kier alpha value is -5.58. The fourth-order valence-electron chi connectivity index (χ4n) is 6.18. The van der Waals surface area contributed by atoms with E-state index in [2.05, 4.69) is 9.97 Å². The third kappa shape index (κ3) is 4.93. The molecule has 2 aromatic heterocycles. The standard InChI is InChI=1S/C35H28F2N4O5/c1-44-31-17-24-26(18-32(31)45-2)38-19-39-34(24)46-30-13-10-20(22-7-3-4-8-23(22)30)15-29(42)33-27-9-5-6-14-40(27)41(35(33)43)28-16-21(36)11-12-25(28)37/h3-4,7-8,10-13,16-19H,5-6,9,14-15H2,1-2H3. The molecule has 0 saturated carbocycles. The monoisotopic (exact) mass is 622 g/mol. The van der Waals surface area contributed by atoms with Gasteiger partial charge < -0.3 is 14.2 Å². The maximum absolute atomic E-state index is 14.8. The average Bonchev–Trinajstić information content (AvgIpc) is 3.37. The molecule has 0 radical (unpaired) electrons. The fourth-order valence-corrected chi connectivity index (χ4v) is 6.18. The van der Waals surface area contributed by atoms with Gasteiger partial charge in [-0.05, 0) is 54.5 Å². The van der Waals surface area contributed by atoms with E-state index in [9.17, 15) is 18.4 Å². The van der Waals surface area contributed by atoms with Crippen LogP contribution in [-0.2, 0) is 19.4 Å². The molecule has 0 saturated heterocycles. The van der Waals surface area contributed by atoms with Crippen molar-refractivity contribution in [1.82, 2.24) is 19.3 Å². The number of Topliss-reactive ketones (excluding diaryl/α,β-unsaturated/α-hetero) is 1. The third-order valence-electron chi connectivity index (χ3n) is 8.33. The van der Waals surface area contributed by atoms with Crippen molar-refractivity contribution in [2.75, 3.05) is 14.2 Å². The van der Waals surface area contributed by atoms with E-state index in [4.69, 9.17) is 14.2 Å². The first-order valence-corrected chi connectivity index (χ1v) is 14.8. The van der Waals surface area contributed by atoms with Gasteiger partial charge in [0, 0.05) is 30.5 Å². The summed E-state index contributed by atoms with van der Waals surface area (Å²) in [6.45, 7) is 0.416. The van der Waals surface area contributed by atoms with E-state index in [0.717, 1.165) is 46.5 Å². The molecule has 4 aromatic carbocycles. The van der Waals surface area contributed by atoms with Crippen LogP contribution in [0.1, 0.15) is 34.5 Å². The molecule has 1 aliphatic rings. The molecule has 6 aromatic rings. The Kier molecular flexibility index (Phi) is 7.44. The number of nitrogens with zero attached hydrogens (tertiary/aromatic N) is 4. The lowest BCUT2D eigenvalue weighted by Gasteiger charge is -2.19. The van der Waals surface area contributed by atoms with Crippen molar-refractivity contribution < 1.29 is 27.8 Å². The zero-order valence-corrected chi connectivity index (χ0v) is 25.0. The number of hydrogen-bond acceptors (Lipinski definition) is 7. The van der Waals surface area contributed by atoms with Gasteiger partial charge >= 0.3 is 0 Å². The average molecular weight is 623 g/mol. The Morgan fingerprint density at radius 3 is 2.46 bits per heavy atom. The number of hydrogen-bond donors (Lipinski definition) is 0. The summed E-state index contributed by atoms with van der Waals surface area (Å²) in [7, 11) is 3.09. The van der Waals surface area contributed by atoms with Crippen LogP contribution in [0.4, 0.5) is 8.78 Å². The highest BCUT2D eigenvalue weighted by molar-refractivity contribution is 6.02. The van der Waals surface area contributed by atoms with E-state index in [1.165, 1.54) is 6.33 Å². The van der Waals surface area contributed by atoms with Crippen LogP contribution in [-0.4, -0.2) is 39.3 Å². The zero-order chi connectivity index (χ0) is 31.9. The number of ketones is 1. The normalized spacial score (nSPS) is 12.7. The summed E-state index contributed by atoms with van der Waals surface area (Å²) in [6, 6.07) is 17.5. The summed E-state index contributed by atoms with van der Waals surface area (Å²) < 4.78 is 48.9. The summed E-state index contributed by atoms with van der Waals surface area (Å²) in [6.07, 6.45) is 3.34. The van der Waals surface area contributed by atoms with Crippen molar-refractivity contribution in [2.24, 2.45) is 0 Å². The van der Waals surface area contributed by atoms with Crippen LogP contribution < -0.4 is 19.8 Å². The summed E-state index contributed by atoms with van der Waals surface area (Å²) in [5.74, 6) is 0.0242. The van der Waals surface area contributed by atoms with E-state index in [1.54, 1.807) is 43.2 Å². The molecule has 0 amide bonds. The largest absolute Gasteiger partial charge is 0.493 e. The molecule has 7 rings (SSSR count). The van der Waals surface area contributed by atoms with Gasteiger partial charge in [-0.3, -0.25) is 14.3 Å². The highest BCUT2D eigenvalue weighted by Crippen LogP contribution is 2.38. The number of ether oxygens (including phenoxy) is 3. The molecular formula is C35H28F2N4O5. The Morgan fingerprint density at radius 1 is 0.870 bits per heavy atom. The highest BCUT2D eigenvalue weighted by Gasteiger charge is 2.29. The fraction of sp³-hybridized carbons (Fsp3) is 0.200. The number of aromatic nitrogens is 4. The van der Waals surface area contributed by atoms with Gasteiger partial charge in [-0.1, -0.05) is 30.3 Å². The molecule has 0 bridgehead atoms. The number of carbonyl (C=O) groups excluding carboxylic acids is 1. The Morgan fingerprint density at radius 2 is 1.65 bits per heavy atom. The lowest BCUT2D eigenvalue weighted by molar-refractivity contribution is 0.0991. The second-order valence-corrected chi connectivity index (χ2v) is 11.0. The second-order valence-electron chi connectivity index (χ2n) is 11.0. The first kappa shape index (κ1) is 29.1. The molecule has 0 atom stereocenters. The molecule has 0 fully saturated rings. The molecule has 46 heavy (non-hydrogen) atoms. The first-order chi connectivity index (χ1) is 22.4. The van der Waals surface area contributed by atoms with Gasteiger partial charge in [-0.15, -0.1) is 0 Å². The molecule has 0 spiro atoms. The van der Waals surface area contributed by atoms with E-state index >= 15 is 0 Å². The lowest BCUT2D eigenvalue weighted by atomic mass is 9.96. The van der Waals surface area contributed by atoms with Gasteiger partial charge in [-0.2, -0.15) is 0 Å². The molecule has 0 unspecified atom stereocenters. The van der Waals surface area contributed by atoms with E-state index in [0.29, 0.717) is 58.3 Å². The van der Waals surface area contributed by atoms with Gasteiger partial charge in [0.2, 0.25) is 5.88 Å². The molecule has 232 valence electrons. The summed E-state index contributed by atoms with van der Waals surface area (Å²) >= 11 is 0. The Balaban J connectivity index is 1.27. The minimum absolute atomic E-state index is 0.00426. The van der Waals surface area contributed by atoms with Gasteiger partial charge in [0.05, 0.1) is 30.8 Å². The van der Waals surface area contributed by atoms with E-state index in [1.807, 2.05) is 24.3 Å². The quantitative estimate of drug-likeness (QED) is 0.177. The molecule has 1 aliphatic heterocycles. The van der Waals surface area contributed by atoms with Crippen molar-refractivity contribution in [1.29, 1.82) is 0 Å². The molecule has 11 heteroatoms. The number of fused-ring (bicyclic) bond motifs is 3. The third-order valence-corrected chi connectivity index (χ3v) is 8.33. The number of halogens is 2. The van der Waals surface area contributed by atoms with Crippen molar-refractivity contribution in [3.05, 3.63) is 112 Å². The van der Waals surface area contributed by atoms with Crippen LogP contribution >= 0.6 is 0 Å². The van der Waals surface area contributed by atoms with Crippen LogP contribution in [0.15, 0.2) is 77.9 Å². The number of rotatable bonds is 8. The molecular weight excluding hydrogens is 594 g/mol. The van der Waals surface area contributed by atoms with Gasteiger partial charge in [-0.25, -0.2) is 23.4 Å². The molecule has 3 heterocycles. The molecule has 0 aliphatic carbocycles. The topological polar surface area (TPSA) is 97.5 Å². The smallest absolute Gasteiger partial charge is 0.282 e. The maximum atomic E-state index is 14.8. The Labute approximate surface area is 261 Å². The first-order valence-electron chi connectivity index (χ1n) is 14.8. The summed E-state index contributed by atoms with van der Waals surface area (Å²) in [5.41, 5.74) is 0.965. The minimum Gasteiger partial charge on any atom is -0.493 e. The van der Waals surface area contributed by atoms with E-state index in [-0.39, 0.29) is 17.7 Å². The predicted octanol–water partition coefficient (Wildman–Crippen LogP) is 6.58. The van der Waals surface area contributed by atoms with Crippen LogP contribution in [0.2, 0.25) is 0 Å². The predicted molar refractivity (Wildman–Crippen MR) is 168 cm³/mol.